The number of carbonyl (C=O) groups is 2. The topological polar surface area (TPSA) is 77.5 Å². The van der Waals surface area contributed by atoms with Crippen molar-refractivity contribution < 1.29 is 19.1 Å². The van der Waals surface area contributed by atoms with Crippen LogP contribution < -0.4 is 10.1 Å². The van der Waals surface area contributed by atoms with Crippen LogP contribution in [-0.2, 0) is 20.7 Å². The third-order valence-electron chi connectivity index (χ3n) is 2.88. The number of carbonyl (C=O) groups excluding carboxylic acids is 2. The zero-order valence-corrected chi connectivity index (χ0v) is 12.9. The summed E-state index contributed by atoms with van der Waals surface area (Å²) >= 11 is 0. The average molecular weight is 294 g/mol. The summed E-state index contributed by atoms with van der Waals surface area (Å²) < 4.78 is 9.90. The standard InChI is InChI=1S/C15H22N2O4/c1-10(2)8-13(18)17-12(15(19)21-4)9-11-6-5-7-16-14(11)20-3/h5-7,10,12H,8-9H2,1-4H3,(H,17,18)/t12-/m1/s1. The van der Waals surface area contributed by atoms with E-state index < -0.39 is 12.0 Å². The van der Waals surface area contributed by atoms with E-state index in [1.54, 1.807) is 18.3 Å². The molecule has 0 spiro atoms. The summed E-state index contributed by atoms with van der Waals surface area (Å²) in [6, 6.07) is 2.80. The molecule has 0 aromatic carbocycles. The van der Waals surface area contributed by atoms with Crippen LogP contribution in [0.1, 0.15) is 25.8 Å². The number of pyridine rings is 1. The second-order valence-electron chi connectivity index (χ2n) is 5.12. The highest BCUT2D eigenvalue weighted by molar-refractivity contribution is 5.84. The van der Waals surface area contributed by atoms with Crippen LogP contribution in [0.15, 0.2) is 18.3 Å². The van der Waals surface area contributed by atoms with E-state index in [1.165, 1.54) is 14.2 Å². The van der Waals surface area contributed by atoms with Gasteiger partial charge >= 0.3 is 5.97 Å². The number of rotatable bonds is 7. The highest BCUT2D eigenvalue weighted by Crippen LogP contribution is 2.16. The second-order valence-corrected chi connectivity index (χ2v) is 5.12. The Hall–Kier alpha value is -2.11. The van der Waals surface area contributed by atoms with E-state index >= 15 is 0 Å². The van der Waals surface area contributed by atoms with Gasteiger partial charge < -0.3 is 14.8 Å². The monoisotopic (exact) mass is 294 g/mol. The van der Waals surface area contributed by atoms with Gasteiger partial charge in [-0.2, -0.15) is 0 Å². The first-order chi connectivity index (χ1) is 9.97. The lowest BCUT2D eigenvalue weighted by Crippen LogP contribution is -2.43. The van der Waals surface area contributed by atoms with Crippen LogP contribution in [0.2, 0.25) is 0 Å². The molecule has 1 atom stereocenters. The van der Waals surface area contributed by atoms with Crippen LogP contribution in [0.5, 0.6) is 5.88 Å². The molecule has 1 heterocycles. The number of esters is 1. The SMILES string of the molecule is COC(=O)[C@@H](Cc1cccnc1OC)NC(=O)CC(C)C. The van der Waals surface area contributed by atoms with Gasteiger partial charge in [0.15, 0.2) is 0 Å². The molecule has 0 saturated heterocycles. The third kappa shape index (κ3) is 5.41. The molecule has 0 unspecified atom stereocenters. The summed E-state index contributed by atoms with van der Waals surface area (Å²) in [5.41, 5.74) is 0.736. The van der Waals surface area contributed by atoms with Crippen molar-refractivity contribution in [3.8, 4) is 5.88 Å². The van der Waals surface area contributed by atoms with Gasteiger partial charge in [-0.1, -0.05) is 19.9 Å². The Labute approximate surface area is 124 Å². The fourth-order valence-electron chi connectivity index (χ4n) is 1.94. The Morgan fingerprint density at radius 1 is 1.33 bits per heavy atom. The van der Waals surface area contributed by atoms with Crippen LogP contribution in [-0.4, -0.2) is 37.1 Å². The van der Waals surface area contributed by atoms with Crippen molar-refractivity contribution in [2.45, 2.75) is 32.7 Å². The van der Waals surface area contributed by atoms with Crippen molar-refractivity contribution in [1.82, 2.24) is 10.3 Å². The van der Waals surface area contributed by atoms with Crippen molar-refractivity contribution in [3.05, 3.63) is 23.9 Å². The molecule has 0 bridgehead atoms. The molecular formula is C15H22N2O4. The summed E-state index contributed by atoms with van der Waals surface area (Å²) in [5.74, 6) is -0.0120. The highest BCUT2D eigenvalue weighted by atomic mass is 16.5. The molecule has 1 rings (SSSR count). The molecule has 0 aliphatic heterocycles. The molecule has 1 N–H and O–H groups in total. The van der Waals surface area contributed by atoms with Crippen LogP contribution in [0.25, 0.3) is 0 Å². The van der Waals surface area contributed by atoms with E-state index in [4.69, 9.17) is 9.47 Å². The van der Waals surface area contributed by atoms with Crippen molar-refractivity contribution in [2.24, 2.45) is 5.92 Å². The lowest BCUT2D eigenvalue weighted by Gasteiger charge is -2.18. The van der Waals surface area contributed by atoms with Gasteiger partial charge in [0.25, 0.3) is 0 Å². The van der Waals surface area contributed by atoms with Gasteiger partial charge in [-0.05, 0) is 12.0 Å². The molecule has 116 valence electrons. The Morgan fingerprint density at radius 3 is 2.62 bits per heavy atom. The van der Waals surface area contributed by atoms with E-state index in [0.29, 0.717) is 12.3 Å². The number of hydrogen-bond donors (Lipinski definition) is 1. The Bertz CT molecular complexity index is 488. The molecule has 1 aromatic heterocycles. The number of ether oxygens (including phenoxy) is 2. The first-order valence-corrected chi connectivity index (χ1v) is 6.83. The molecule has 0 aliphatic rings. The van der Waals surface area contributed by atoms with E-state index in [-0.39, 0.29) is 18.2 Å². The van der Waals surface area contributed by atoms with Gasteiger partial charge in [0.05, 0.1) is 14.2 Å². The molecule has 6 heteroatoms. The van der Waals surface area contributed by atoms with Crippen LogP contribution in [0.3, 0.4) is 0 Å². The van der Waals surface area contributed by atoms with Gasteiger partial charge in [0.1, 0.15) is 6.04 Å². The average Bonchev–Trinajstić information content (AvgIpc) is 2.45. The van der Waals surface area contributed by atoms with Gasteiger partial charge in [0.2, 0.25) is 11.8 Å². The summed E-state index contributed by atoms with van der Waals surface area (Å²) in [4.78, 5) is 27.8. The van der Waals surface area contributed by atoms with Crippen molar-refractivity contribution in [1.29, 1.82) is 0 Å². The Balaban J connectivity index is 2.83. The van der Waals surface area contributed by atoms with Crippen LogP contribution in [0, 0.1) is 5.92 Å². The summed E-state index contributed by atoms with van der Waals surface area (Å²) in [6.45, 7) is 3.88. The molecule has 0 aliphatic carbocycles. The first-order valence-electron chi connectivity index (χ1n) is 6.83. The zero-order chi connectivity index (χ0) is 15.8. The molecule has 1 amide bonds. The van der Waals surface area contributed by atoms with E-state index in [9.17, 15) is 9.59 Å². The van der Waals surface area contributed by atoms with Gasteiger partial charge in [-0.25, -0.2) is 9.78 Å². The normalized spacial score (nSPS) is 11.9. The highest BCUT2D eigenvalue weighted by Gasteiger charge is 2.23. The summed E-state index contributed by atoms with van der Waals surface area (Å²) in [5, 5.41) is 2.70. The maximum atomic E-state index is 11.9. The second kappa shape index (κ2) is 8.24. The minimum absolute atomic E-state index is 0.178. The number of amides is 1. The minimum Gasteiger partial charge on any atom is -0.481 e. The number of nitrogens with one attached hydrogen (secondary N) is 1. The maximum Gasteiger partial charge on any atom is 0.328 e. The lowest BCUT2D eigenvalue weighted by molar-refractivity contribution is -0.145. The number of hydrogen-bond acceptors (Lipinski definition) is 5. The largest absolute Gasteiger partial charge is 0.481 e. The minimum atomic E-state index is -0.751. The lowest BCUT2D eigenvalue weighted by atomic mass is 10.1. The predicted molar refractivity (Wildman–Crippen MR) is 77.9 cm³/mol. The maximum absolute atomic E-state index is 11.9. The predicted octanol–water partition coefficient (Wildman–Crippen LogP) is 1.34. The number of methoxy groups -OCH3 is 2. The fraction of sp³-hybridized carbons (Fsp3) is 0.533. The van der Waals surface area contributed by atoms with Crippen molar-refractivity contribution in [2.75, 3.05) is 14.2 Å². The molecular weight excluding hydrogens is 272 g/mol. The quantitative estimate of drug-likeness (QED) is 0.768. The van der Waals surface area contributed by atoms with Crippen LogP contribution in [0.4, 0.5) is 0 Å². The van der Waals surface area contributed by atoms with E-state index in [2.05, 4.69) is 10.3 Å². The number of aromatic nitrogens is 1. The fourth-order valence-corrected chi connectivity index (χ4v) is 1.94. The Morgan fingerprint density at radius 2 is 2.05 bits per heavy atom. The molecule has 21 heavy (non-hydrogen) atoms. The molecule has 1 aromatic rings. The van der Waals surface area contributed by atoms with Gasteiger partial charge in [-0.15, -0.1) is 0 Å². The summed E-state index contributed by atoms with van der Waals surface area (Å²) in [6.07, 6.45) is 2.23. The molecule has 6 nitrogen and oxygen atoms in total. The Kier molecular flexibility index (Phi) is 6.65. The van der Waals surface area contributed by atoms with Crippen molar-refractivity contribution in [3.63, 3.8) is 0 Å². The smallest absolute Gasteiger partial charge is 0.328 e. The van der Waals surface area contributed by atoms with E-state index in [1.807, 2.05) is 13.8 Å². The third-order valence-corrected chi connectivity index (χ3v) is 2.88. The van der Waals surface area contributed by atoms with Crippen LogP contribution >= 0.6 is 0 Å². The zero-order valence-electron chi connectivity index (χ0n) is 12.9. The van der Waals surface area contributed by atoms with E-state index in [0.717, 1.165) is 5.56 Å². The summed E-state index contributed by atoms with van der Waals surface area (Å²) in [7, 11) is 2.81. The molecule has 0 radical (unpaired) electrons. The number of nitrogens with zero attached hydrogens (tertiary/aromatic N) is 1. The first kappa shape index (κ1) is 16.9. The van der Waals surface area contributed by atoms with Crippen molar-refractivity contribution >= 4 is 11.9 Å². The van der Waals surface area contributed by atoms with Gasteiger partial charge in [0, 0.05) is 24.6 Å². The van der Waals surface area contributed by atoms with Gasteiger partial charge in [-0.3, -0.25) is 4.79 Å². The molecule has 0 saturated carbocycles. The molecule has 0 fully saturated rings.